The zero-order chi connectivity index (χ0) is 14.4. The summed E-state index contributed by atoms with van der Waals surface area (Å²) in [6, 6.07) is 6.53. The highest BCUT2D eigenvalue weighted by Gasteiger charge is 2.13. The van der Waals surface area contributed by atoms with E-state index in [0.717, 1.165) is 11.1 Å². The van der Waals surface area contributed by atoms with Crippen molar-refractivity contribution >= 4 is 11.6 Å². The Kier molecular flexibility index (Phi) is 5.45. The molecule has 1 fully saturated rings. The van der Waals surface area contributed by atoms with Crippen LogP contribution in [0.2, 0.25) is 0 Å². The van der Waals surface area contributed by atoms with Crippen molar-refractivity contribution in [2.24, 2.45) is 0 Å². The third-order valence-corrected chi connectivity index (χ3v) is 4.04. The number of nitrogens with one attached hydrogen (secondary N) is 2. The molecule has 2 rings (SSSR count). The summed E-state index contributed by atoms with van der Waals surface area (Å²) in [6.45, 7) is 4.68. The van der Waals surface area contributed by atoms with E-state index in [-0.39, 0.29) is 5.91 Å². The van der Waals surface area contributed by atoms with Crippen LogP contribution in [0.4, 0.5) is 5.69 Å². The predicted molar refractivity (Wildman–Crippen MR) is 84.3 cm³/mol. The van der Waals surface area contributed by atoms with Gasteiger partial charge in [0.1, 0.15) is 0 Å². The average molecular weight is 274 g/mol. The van der Waals surface area contributed by atoms with Gasteiger partial charge < -0.3 is 10.6 Å². The second-order valence-corrected chi connectivity index (χ2v) is 5.72. The first-order valence-electron chi connectivity index (χ1n) is 7.86. The molecule has 1 amide bonds. The molecule has 0 saturated heterocycles. The van der Waals surface area contributed by atoms with Gasteiger partial charge in [0.2, 0.25) is 0 Å². The molecule has 0 bridgehead atoms. The van der Waals surface area contributed by atoms with Crippen molar-refractivity contribution in [2.75, 3.05) is 11.9 Å². The van der Waals surface area contributed by atoms with Gasteiger partial charge in [-0.2, -0.15) is 0 Å². The van der Waals surface area contributed by atoms with Crippen LogP contribution in [-0.2, 0) is 0 Å². The van der Waals surface area contributed by atoms with Gasteiger partial charge in [0.25, 0.3) is 5.91 Å². The lowest BCUT2D eigenvalue weighted by Crippen LogP contribution is -2.23. The van der Waals surface area contributed by atoms with Gasteiger partial charge in [-0.1, -0.05) is 25.7 Å². The quantitative estimate of drug-likeness (QED) is 0.818. The summed E-state index contributed by atoms with van der Waals surface area (Å²) in [6.07, 6.45) is 7.91. The fourth-order valence-electron chi connectivity index (χ4n) is 2.87. The lowest BCUT2D eigenvalue weighted by atomic mass is 10.1. The molecule has 1 saturated carbocycles. The monoisotopic (exact) mass is 274 g/mol. The standard InChI is InChI=1S/C17H26N2O/c1-3-18-17(20)14-10-11-16(13(2)12-14)19-15-8-6-4-5-7-9-15/h10-12,15,19H,3-9H2,1-2H3,(H,18,20). The lowest BCUT2D eigenvalue weighted by molar-refractivity contribution is 0.0956. The molecule has 1 aliphatic rings. The molecule has 110 valence electrons. The Morgan fingerprint density at radius 3 is 2.50 bits per heavy atom. The Hall–Kier alpha value is -1.51. The number of carbonyl (C=O) groups excluding carboxylic acids is 1. The average Bonchev–Trinajstić information content (AvgIpc) is 2.70. The SMILES string of the molecule is CCNC(=O)c1ccc(NC2CCCCCC2)c(C)c1. The summed E-state index contributed by atoms with van der Waals surface area (Å²) in [5, 5.41) is 6.49. The highest BCUT2D eigenvalue weighted by atomic mass is 16.1. The second-order valence-electron chi connectivity index (χ2n) is 5.72. The van der Waals surface area contributed by atoms with Gasteiger partial charge in [0.05, 0.1) is 0 Å². The number of rotatable bonds is 4. The number of benzene rings is 1. The van der Waals surface area contributed by atoms with Crippen molar-refractivity contribution in [2.45, 2.75) is 58.4 Å². The molecular weight excluding hydrogens is 248 g/mol. The summed E-state index contributed by atoms with van der Waals surface area (Å²) in [4.78, 5) is 11.8. The summed E-state index contributed by atoms with van der Waals surface area (Å²) >= 11 is 0. The van der Waals surface area contributed by atoms with E-state index in [1.807, 2.05) is 25.1 Å². The highest BCUT2D eigenvalue weighted by molar-refractivity contribution is 5.94. The maximum Gasteiger partial charge on any atom is 0.251 e. The molecule has 0 heterocycles. The molecule has 0 radical (unpaired) electrons. The van der Waals surface area contributed by atoms with Crippen molar-refractivity contribution < 1.29 is 4.79 Å². The molecule has 0 spiro atoms. The van der Waals surface area contributed by atoms with Crippen LogP contribution >= 0.6 is 0 Å². The van der Waals surface area contributed by atoms with E-state index in [2.05, 4.69) is 17.6 Å². The van der Waals surface area contributed by atoms with Crippen LogP contribution < -0.4 is 10.6 Å². The molecule has 0 aromatic heterocycles. The Morgan fingerprint density at radius 2 is 1.90 bits per heavy atom. The summed E-state index contributed by atoms with van der Waals surface area (Å²) in [7, 11) is 0. The fraction of sp³-hybridized carbons (Fsp3) is 0.588. The Morgan fingerprint density at radius 1 is 1.20 bits per heavy atom. The van der Waals surface area contributed by atoms with Crippen LogP contribution in [-0.4, -0.2) is 18.5 Å². The van der Waals surface area contributed by atoms with Crippen molar-refractivity contribution in [3.05, 3.63) is 29.3 Å². The largest absolute Gasteiger partial charge is 0.382 e. The van der Waals surface area contributed by atoms with E-state index in [1.165, 1.54) is 44.2 Å². The van der Waals surface area contributed by atoms with Crippen LogP contribution in [0.3, 0.4) is 0 Å². The van der Waals surface area contributed by atoms with Gasteiger partial charge in [-0.05, 0) is 50.5 Å². The van der Waals surface area contributed by atoms with Crippen LogP contribution in [0, 0.1) is 6.92 Å². The summed E-state index contributed by atoms with van der Waals surface area (Å²) in [5.41, 5.74) is 3.07. The van der Waals surface area contributed by atoms with Crippen molar-refractivity contribution in [3.63, 3.8) is 0 Å². The van der Waals surface area contributed by atoms with Crippen LogP contribution in [0.1, 0.15) is 61.4 Å². The van der Waals surface area contributed by atoms with Crippen molar-refractivity contribution in [3.8, 4) is 0 Å². The van der Waals surface area contributed by atoms with E-state index >= 15 is 0 Å². The third-order valence-electron chi connectivity index (χ3n) is 4.04. The van der Waals surface area contributed by atoms with Gasteiger partial charge >= 0.3 is 0 Å². The third kappa shape index (κ3) is 3.99. The zero-order valence-electron chi connectivity index (χ0n) is 12.7. The Bertz CT molecular complexity index is 448. The topological polar surface area (TPSA) is 41.1 Å². The minimum atomic E-state index is 0.0108. The van der Waals surface area contributed by atoms with E-state index in [4.69, 9.17) is 0 Å². The first-order chi connectivity index (χ1) is 9.70. The zero-order valence-corrected chi connectivity index (χ0v) is 12.7. The minimum absolute atomic E-state index is 0.0108. The van der Waals surface area contributed by atoms with Gasteiger partial charge in [-0.15, -0.1) is 0 Å². The van der Waals surface area contributed by atoms with Crippen LogP contribution in [0.25, 0.3) is 0 Å². The number of amides is 1. The number of carbonyl (C=O) groups is 1. The molecule has 1 aromatic rings. The number of hydrogen-bond acceptors (Lipinski definition) is 2. The molecule has 3 heteroatoms. The summed E-state index contributed by atoms with van der Waals surface area (Å²) in [5.74, 6) is 0.0108. The first kappa shape index (κ1) is 14.9. The van der Waals surface area contributed by atoms with E-state index in [0.29, 0.717) is 12.6 Å². The van der Waals surface area contributed by atoms with Crippen LogP contribution in [0.5, 0.6) is 0 Å². The predicted octanol–water partition coefficient (Wildman–Crippen LogP) is 3.88. The fourth-order valence-corrected chi connectivity index (χ4v) is 2.87. The first-order valence-corrected chi connectivity index (χ1v) is 7.86. The van der Waals surface area contributed by atoms with Crippen LogP contribution in [0.15, 0.2) is 18.2 Å². The molecule has 1 aromatic carbocycles. The van der Waals surface area contributed by atoms with Gasteiger partial charge in [-0.25, -0.2) is 0 Å². The number of aryl methyl sites for hydroxylation is 1. The maximum atomic E-state index is 11.8. The molecule has 0 unspecified atom stereocenters. The highest BCUT2D eigenvalue weighted by Crippen LogP contribution is 2.23. The van der Waals surface area contributed by atoms with E-state index in [1.54, 1.807) is 0 Å². The minimum Gasteiger partial charge on any atom is -0.382 e. The Labute approximate surface area is 122 Å². The molecule has 1 aliphatic carbocycles. The van der Waals surface area contributed by atoms with Gasteiger partial charge in [0.15, 0.2) is 0 Å². The van der Waals surface area contributed by atoms with Crippen molar-refractivity contribution in [1.29, 1.82) is 0 Å². The van der Waals surface area contributed by atoms with Gasteiger partial charge in [-0.3, -0.25) is 4.79 Å². The number of anilines is 1. The number of hydrogen-bond donors (Lipinski definition) is 2. The molecule has 0 aliphatic heterocycles. The molecule has 3 nitrogen and oxygen atoms in total. The molecular formula is C17H26N2O. The lowest BCUT2D eigenvalue weighted by Gasteiger charge is -2.19. The smallest absolute Gasteiger partial charge is 0.251 e. The molecule has 20 heavy (non-hydrogen) atoms. The molecule has 0 atom stereocenters. The second kappa shape index (κ2) is 7.32. The summed E-state index contributed by atoms with van der Waals surface area (Å²) < 4.78 is 0. The normalized spacial score (nSPS) is 16.5. The maximum absolute atomic E-state index is 11.8. The molecule has 2 N–H and O–H groups in total. The van der Waals surface area contributed by atoms with E-state index in [9.17, 15) is 4.79 Å². The Balaban J connectivity index is 2.03. The van der Waals surface area contributed by atoms with Crippen molar-refractivity contribution in [1.82, 2.24) is 5.32 Å². The van der Waals surface area contributed by atoms with E-state index < -0.39 is 0 Å². The van der Waals surface area contributed by atoms with Gasteiger partial charge in [0, 0.05) is 23.8 Å².